The van der Waals surface area contributed by atoms with Crippen LogP contribution < -0.4 is 5.73 Å². The molecule has 0 aliphatic heterocycles. The second-order valence-corrected chi connectivity index (χ2v) is 4.58. The topological polar surface area (TPSA) is 62.8 Å². The first-order chi connectivity index (χ1) is 8.31. The van der Waals surface area contributed by atoms with E-state index in [9.17, 15) is 0 Å². The Bertz CT molecular complexity index is 602. The van der Waals surface area contributed by atoms with Gasteiger partial charge in [-0.05, 0) is 48.9 Å². The number of pyridine rings is 1. The fourth-order valence-corrected chi connectivity index (χ4v) is 2.71. The molecule has 0 radical (unpaired) electrons. The Morgan fingerprint density at radius 1 is 1.24 bits per heavy atom. The molecule has 3 heteroatoms. The zero-order valence-corrected chi connectivity index (χ0v) is 9.66. The highest BCUT2D eigenvalue weighted by Crippen LogP contribution is 2.31. The molecule has 1 aliphatic rings. The molecule has 1 aromatic heterocycles. The molecular weight excluding hydrogens is 210 g/mol. The molecule has 0 fully saturated rings. The van der Waals surface area contributed by atoms with Gasteiger partial charge in [0.2, 0.25) is 0 Å². The number of aryl methyl sites for hydroxylation is 2. The van der Waals surface area contributed by atoms with Gasteiger partial charge in [0, 0.05) is 29.0 Å². The molecule has 0 unspecified atom stereocenters. The quantitative estimate of drug-likeness (QED) is 0.579. The number of nitrogen functional groups attached to an aromatic ring is 1. The highest BCUT2D eigenvalue weighted by molar-refractivity contribution is 6.04. The molecule has 3 rings (SSSR count). The van der Waals surface area contributed by atoms with Gasteiger partial charge in [0.25, 0.3) is 0 Å². The zero-order chi connectivity index (χ0) is 11.8. The Balaban J connectivity index is 2.43. The average Bonchev–Trinajstić information content (AvgIpc) is 2.38. The fourth-order valence-electron chi connectivity index (χ4n) is 2.71. The monoisotopic (exact) mass is 225 g/mol. The first-order valence-corrected chi connectivity index (χ1v) is 6.00. The minimum atomic E-state index is 0.674. The van der Waals surface area contributed by atoms with Crippen molar-refractivity contribution in [3.63, 3.8) is 0 Å². The van der Waals surface area contributed by atoms with E-state index in [1.54, 1.807) is 0 Å². The van der Waals surface area contributed by atoms with E-state index in [0.29, 0.717) is 5.69 Å². The number of nitrogens with one attached hydrogen (secondary N) is 1. The summed E-state index contributed by atoms with van der Waals surface area (Å²) in [5.41, 5.74) is 11.1. The number of benzene rings is 1. The summed E-state index contributed by atoms with van der Waals surface area (Å²) in [6.07, 6.45) is 7.99. The number of anilines is 1. The summed E-state index contributed by atoms with van der Waals surface area (Å²) in [6, 6.07) is 3.79. The van der Waals surface area contributed by atoms with Crippen molar-refractivity contribution < 1.29 is 0 Å². The summed E-state index contributed by atoms with van der Waals surface area (Å²) in [7, 11) is 0. The number of fused-ring (bicyclic) bond motifs is 3. The van der Waals surface area contributed by atoms with E-state index in [2.05, 4.69) is 4.98 Å². The number of nitrogens with zero attached hydrogens (tertiary/aromatic N) is 1. The van der Waals surface area contributed by atoms with Crippen molar-refractivity contribution in [1.82, 2.24) is 4.98 Å². The molecule has 3 nitrogen and oxygen atoms in total. The van der Waals surface area contributed by atoms with Crippen molar-refractivity contribution in [3.8, 4) is 0 Å². The van der Waals surface area contributed by atoms with Crippen LogP contribution in [0.15, 0.2) is 18.3 Å². The molecule has 0 bridgehead atoms. The molecule has 3 N–H and O–H groups in total. The van der Waals surface area contributed by atoms with Gasteiger partial charge in [-0.15, -0.1) is 0 Å². The van der Waals surface area contributed by atoms with Crippen LogP contribution in [0.2, 0.25) is 0 Å². The SMILES string of the molecule is N=Cc1c(N)ccc2ncc3c(c12)CCCC3. The van der Waals surface area contributed by atoms with Crippen LogP contribution in [0.25, 0.3) is 10.9 Å². The normalized spacial score (nSPS) is 14.6. The summed E-state index contributed by atoms with van der Waals surface area (Å²) < 4.78 is 0. The third kappa shape index (κ3) is 1.50. The number of hydrogen-bond acceptors (Lipinski definition) is 3. The highest BCUT2D eigenvalue weighted by Gasteiger charge is 2.16. The zero-order valence-electron chi connectivity index (χ0n) is 9.66. The molecule has 0 saturated heterocycles. The van der Waals surface area contributed by atoms with Gasteiger partial charge in [-0.25, -0.2) is 0 Å². The van der Waals surface area contributed by atoms with Crippen LogP contribution in [-0.4, -0.2) is 11.2 Å². The summed E-state index contributed by atoms with van der Waals surface area (Å²) in [5.74, 6) is 0. The smallest absolute Gasteiger partial charge is 0.0713 e. The van der Waals surface area contributed by atoms with Crippen LogP contribution in [0.1, 0.15) is 29.5 Å². The van der Waals surface area contributed by atoms with Gasteiger partial charge >= 0.3 is 0 Å². The standard InChI is InChI=1S/C14H15N3/c15-7-11-12(16)5-6-13-14(11)10-4-2-1-3-9(10)8-17-13/h5-8,15H,1-4,16H2. The maximum Gasteiger partial charge on any atom is 0.0713 e. The number of rotatable bonds is 1. The second-order valence-electron chi connectivity index (χ2n) is 4.58. The summed E-state index contributed by atoms with van der Waals surface area (Å²) in [5, 5.41) is 8.65. The first kappa shape index (κ1) is 10.3. The second kappa shape index (κ2) is 3.84. The van der Waals surface area contributed by atoms with E-state index in [1.165, 1.54) is 30.2 Å². The molecule has 2 aromatic rings. The van der Waals surface area contributed by atoms with E-state index in [0.717, 1.165) is 29.3 Å². The molecule has 17 heavy (non-hydrogen) atoms. The highest BCUT2D eigenvalue weighted by atomic mass is 14.7. The summed E-state index contributed by atoms with van der Waals surface area (Å²) in [4.78, 5) is 4.49. The van der Waals surface area contributed by atoms with Gasteiger partial charge in [-0.2, -0.15) is 0 Å². The molecule has 0 saturated carbocycles. The average molecular weight is 225 g/mol. The van der Waals surface area contributed by atoms with Gasteiger partial charge < -0.3 is 11.1 Å². The van der Waals surface area contributed by atoms with E-state index in [1.807, 2.05) is 18.3 Å². The maximum atomic E-state index is 7.55. The van der Waals surface area contributed by atoms with Gasteiger partial charge in [-0.1, -0.05) is 0 Å². The van der Waals surface area contributed by atoms with Crippen LogP contribution in [0.5, 0.6) is 0 Å². The molecular formula is C14H15N3. The largest absolute Gasteiger partial charge is 0.398 e. The number of hydrogen-bond donors (Lipinski definition) is 2. The van der Waals surface area contributed by atoms with Gasteiger partial charge in [-0.3, -0.25) is 4.98 Å². The van der Waals surface area contributed by atoms with Crippen molar-refractivity contribution in [3.05, 3.63) is 35.0 Å². The van der Waals surface area contributed by atoms with Crippen molar-refractivity contribution in [2.24, 2.45) is 0 Å². The maximum absolute atomic E-state index is 7.55. The minimum absolute atomic E-state index is 0.674. The Labute approximate surface area is 100 Å². The lowest BCUT2D eigenvalue weighted by Crippen LogP contribution is -2.06. The Kier molecular flexibility index (Phi) is 2.32. The van der Waals surface area contributed by atoms with E-state index < -0.39 is 0 Å². The lowest BCUT2D eigenvalue weighted by atomic mass is 9.88. The van der Waals surface area contributed by atoms with Crippen molar-refractivity contribution in [2.75, 3.05) is 5.73 Å². The third-order valence-electron chi connectivity index (χ3n) is 3.57. The molecule has 0 amide bonds. The van der Waals surface area contributed by atoms with Crippen LogP contribution in [0.4, 0.5) is 5.69 Å². The lowest BCUT2D eigenvalue weighted by molar-refractivity contribution is 0.687. The molecule has 1 aromatic carbocycles. The molecule has 86 valence electrons. The Morgan fingerprint density at radius 2 is 2.06 bits per heavy atom. The first-order valence-electron chi connectivity index (χ1n) is 6.00. The van der Waals surface area contributed by atoms with Gasteiger partial charge in [0.05, 0.1) is 5.52 Å². The predicted molar refractivity (Wildman–Crippen MR) is 70.7 cm³/mol. The minimum Gasteiger partial charge on any atom is -0.398 e. The van der Waals surface area contributed by atoms with Crippen LogP contribution in [-0.2, 0) is 12.8 Å². The molecule has 1 aliphatic carbocycles. The lowest BCUT2D eigenvalue weighted by Gasteiger charge is -2.19. The molecule has 1 heterocycles. The van der Waals surface area contributed by atoms with E-state index >= 15 is 0 Å². The molecule has 0 spiro atoms. The van der Waals surface area contributed by atoms with Gasteiger partial charge in [0.15, 0.2) is 0 Å². The van der Waals surface area contributed by atoms with Crippen molar-refractivity contribution >= 4 is 22.8 Å². The Morgan fingerprint density at radius 3 is 2.88 bits per heavy atom. The number of aromatic nitrogens is 1. The van der Waals surface area contributed by atoms with E-state index in [4.69, 9.17) is 11.1 Å². The summed E-state index contributed by atoms with van der Waals surface area (Å²) >= 11 is 0. The van der Waals surface area contributed by atoms with Gasteiger partial charge in [0.1, 0.15) is 0 Å². The Hall–Kier alpha value is -1.90. The van der Waals surface area contributed by atoms with Crippen LogP contribution in [0.3, 0.4) is 0 Å². The third-order valence-corrected chi connectivity index (χ3v) is 3.57. The predicted octanol–water partition coefficient (Wildman–Crippen LogP) is 2.69. The van der Waals surface area contributed by atoms with Crippen LogP contribution in [0, 0.1) is 5.41 Å². The molecule has 0 atom stereocenters. The summed E-state index contributed by atoms with van der Waals surface area (Å²) in [6.45, 7) is 0. The van der Waals surface area contributed by atoms with Crippen LogP contribution >= 0.6 is 0 Å². The van der Waals surface area contributed by atoms with Crippen molar-refractivity contribution in [1.29, 1.82) is 5.41 Å². The fraction of sp³-hybridized carbons (Fsp3) is 0.286. The number of nitrogens with two attached hydrogens (primary N) is 1. The van der Waals surface area contributed by atoms with Crippen molar-refractivity contribution in [2.45, 2.75) is 25.7 Å². The van der Waals surface area contributed by atoms with E-state index in [-0.39, 0.29) is 0 Å².